The van der Waals surface area contributed by atoms with E-state index in [1.165, 1.54) is 0 Å². The molecule has 114 valence electrons. The largest absolute Gasteiger partial charge is 0.490 e. The van der Waals surface area contributed by atoms with Crippen molar-refractivity contribution >= 4 is 15.9 Å². The van der Waals surface area contributed by atoms with Crippen LogP contribution in [0.5, 0.6) is 5.75 Å². The zero-order chi connectivity index (χ0) is 15.0. The average Bonchev–Trinajstić information content (AvgIpc) is 2.41. The first-order valence-corrected chi connectivity index (χ1v) is 7.77. The van der Waals surface area contributed by atoms with E-state index in [0.717, 1.165) is 22.9 Å². The number of unbranched alkanes of at least 4 members (excludes halogenated alkanes) is 1. The molecule has 5 heteroatoms. The van der Waals surface area contributed by atoms with E-state index < -0.39 is 6.10 Å². The van der Waals surface area contributed by atoms with Crippen molar-refractivity contribution in [1.82, 2.24) is 0 Å². The van der Waals surface area contributed by atoms with Crippen LogP contribution in [0.25, 0.3) is 0 Å². The van der Waals surface area contributed by atoms with Gasteiger partial charge in [0, 0.05) is 22.7 Å². The maximum absolute atomic E-state index is 9.82. The van der Waals surface area contributed by atoms with Gasteiger partial charge < -0.3 is 20.3 Å². The summed E-state index contributed by atoms with van der Waals surface area (Å²) in [5.74, 6) is 0.696. The summed E-state index contributed by atoms with van der Waals surface area (Å²) in [6.07, 6.45) is 1.46. The molecule has 0 fully saturated rings. The van der Waals surface area contributed by atoms with Crippen LogP contribution in [0.3, 0.4) is 0 Å². The topological polar surface area (TPSA) is 64.7 Å². The number of halogens is 1. The fourth-order valence-corrected chi connectivity index (χ4v) is 2.05. The first kappa shape index (κ1) is 17.4. The van der Waals surface area contributed by atoms with Gasteiger partial charge in [-0.1, -0.05) is 35.3 Å². The van der Waals surface area contributed by atoms with E-state index in [1.54, 1.807) is 0 Å². The maximum atomic E-state index is 9.82. The van der Waals surface area contributed by atoms with Gasteiger partial charge in [-0.15, -0.1) is 0 Å². The molecule has 1 unspecified atom stereocenters. The number of nitrogens with two attached hydrogens (primary N) is 1. The fourth-order valence-electron chi connectivity index (χ4n) is 1.71. The molecule has 3 N–H and O–H groups in total. The van der Waals surface area contributed by atoms with Gasteiger partial charge in [0.1, 0.15) is 18.5 Å². The molecule has 0 aliphatic heterocycles. The van der Waals surface area contributed by atoms with Gasteiger partial charge in [-0.3, -0.25) is 0 Å². The number of rotatable bonds is 9. The molecule has 20 heavy (non-hydrogen) atoms. The van der Waals surface area contributed by atoms with Crippen LogP contribution in [-0.2, 0) is 4.74 Å². The van der Waals surface area contributed by atoms with Crippen LogP contribution < -0.4 is 10.5 Å². The highest BCUT2D eigenvalue weighted by molar-refractivity contribution is 9.10. The molecular weight excluding hydrogens is 322 g/mol. The fraction of sp³-hybridized carbons (Fsp3) is 0.600. The molecular formula is C15H24BrNO3. The van der Waals surface area contributed by atoms with Crippen LogP contribution in [0.4, 0.5) is 0 Å². The van der Waals surface area contributed by atoms with Crippen LogP contribution >= 0.6 is 15.9 Å². The number of aliphatic hydroxyl groups excluding tert-OH is 1. The minimum atomic E-state index is -0.633. The molecule has 4 nitrogen and oxygen atoms in total. The highest BCUT2D eigenvalue weighted by atomic mass is 79.9. The van der Waals surface area contributed by atoms with Gasteiger partial charge in [0.2, 0.25) is 0 Å². The summed E-state index contributed by atoms with van der Waals surface area (Å²) in [6.45, 7) is 5.17. The third-order valence-corrected chi connectivity index (χ3v) is 3.34. The van der Waals surface area contributed by atoms with Crippen molar-refractivity contribution in [2.45, 2.75) is 38.8 Å². The van der Waals surface area contributed by atoms with Gasteiger partial charge in [0.15, 0.2) is 0 Å². The van der Waals surface area contributed by atoms with E-state index >= 15 is 0 Å². The molecule has 0 amide bonds. The van der Waals surface area contributed by atoms with Crippen LogP contribution in [-0.4, -0.2) is 31.0 Å². The SMILES string of the molecule is CCCCOCC(O)COc1cc(Br)ccc1[C@@H](C)N. The molecule has 0 bridgehead atoms. The molecule has 0 aromatic heterocycles. The molecule has 1 rings (SSSR count). The van der Waals surface area contributed by atoms with E-state index in [1.807, 2.05) is 25.1 Å². The standard InChI is InChI=1S/C15H24BrNO3/c1-3-4-7-19-9-13(18)10-20-15-8-12(16)5-6-14(15)11(2)17/h5-6,8,11,13,18H,3-4,7,9-10,17H2,1-2H3/t11-,13?/m1/s1. The average molecular weight is 346 g/mol. The monoisotopic (exact) mass is 345 g/mol. The Morgan fingerprint density at radius 3 is 2.75 bits per heavy atom. The van der Waals surface area contributed by atoms with Gasteiger partial charge in [-0.25, -0.2) is 0 Å². The maximum Gasteiger partial charge on any atom is 0.125 e. The van der Waals surface area contributed by atoms with Crippen molar-refractivity contribution in [3.63, 3.8) is 0 Å². The van der Waals surface area contributed by atoms with Gasteiger partial charge >= 0.3 is 0 Å². The van der Waals surface area contributed by atoms with E-state index in [0.29, 0.717) is 19.0 Å². The van der Waals surface area contributed by atoms with Crippen LogP contribution in [0, 0.1) is 0 Å². The van der Waals surface area contributed by atoms with Gasteiger partial charge in [0.05, 0.1) is 6.61 Å². The molecule has 0 aliphatic carbocycles. The Hall–Kier alpha value is -0.620. The first-order chi connectivity index (χ1) is 9.54. The number of benzene rings is 1. The van der Waals surface area contributed by atoms with Crippen molar-refractivity contribution in [1.29, 1.82) is 0 Å². The van der Waals surface area contributed by atoms with Gasteiger partial charge in [-0.05, 0) is 25.5 Å². The van der Waals surface area contributed by atoms with Crippen molar-refractivity contribution in [2.24, 2.45) is 5.73 Å². The normalized spacial score (nSPS) is 14.1. The lowest BCUT2D eigenvalue weighted by molar-refractivity contribution is 0.0111. The third kappa shape index (κ3) is 6.22. The molecule has 0 saturated carbocycles. The quantitative estimate of drug-likeness (QED) is 0.675. The van der Waals surface area contributed by atoms with E-state index in [9.17, 15) is 5.11 Å². The van der Waals surface area contributed by atoms with Crippen LogP contribution in [0.15, 0.2) is 22.7 Å². The summed E-state index contributed by atoms with van der Waals surface area (Å²) in [6, 6.07) is 5.60. The second kappa shape index (κ2) is 9.34. The second-order valence-electron chi connectivity index (χ2n) is 4.86. The lowest BCUT2D eigenvalue weighted by Gasteiger charge is -2.17. The molecule has 1 aromatic carbocycles. The van der Waals surface area contributed by atoms with Crippen molar-refractivity contribution < 1.29 is 14.6 Å². The molecule has 0 saturated heterocycles. The van der Waals surface area contributed by atoms with Crippen molar-refractivity contribution in [3.8, 4) is 5.75 Å². The lowest BCUT2D eigenvalue weighted by atomic mass is 10.1. The minimum Gasteiger partial charge on any atom is -0.490 e. The van der Waals surface area contributed by atoms with Gasteiger partial charge in [0.25, 0.3) is 0 Å². The Labute approximate surface area is 129 Å². The summed E-state index contributed by atoms with van der Waals surface area (Å²) < 4.78 is 11.9. The first-order valence-electron chi connectivity index (χ1n) is 6.98. The molecule has 0 heterocycles. The molecule has 2 atom stereocenters. The predicted octanol–water partition coefficient (Wildman–Crippen LogP) is 3.03. The minimum absolute atomic E-state index is 0.115. The molecule has 1 aromatic rings. The van der Waals surface area contributed by atoms with E-state index in [-0.39, 0.29) is 12.6 Å². The second-order valence-corrected chi connectivity index (χ2v) is 5.78. The van der Waals surface area contributed by atoms with E-state index in [2.05, 4.69) is 22.9 Å². The van der Waals surface area contributed by atoms with E-state index in [4.69, 9.17) is 15.2 Å². The molecule has 0 radical (unpaired) electrons. The van der Waals surface area contributed by atoms with Crippen LogP contribution in [0.2, 0.25) is 0 Å². The predicted molar refractivity (Wildman–Crippen MR) is 84.0 cm³/mol. The molecule has 0 spiro atoms. The number of aliphatic hydroxyl groups is 1. The van der Waals surface area contributed by atoms with Crippen molar-refractivity contribution in [2.75, 3.05) is 19.8 Å². The Kier molecular flexibility index (Phi) is 8.14. The Morgan fingerprint density at radius 2 is 2.10 bits per heavy atom. The Morgan fingerprint density at radius 1 is 1.35 bits per heavy atom. The zero-order valence-electron chi connectivity index (χ0n) is 12.1. The summed E-state index contributed by atoms with van der Waals surface area (Å²) in [5, 5.41) is 9.82. The highest BCUT2D eigenvalue weighted by Gasteiger charge is 2.11. The lowest BCUT2D eigenvalue weighted by Crippen LogP contribution is -2.24. The summed E-state index contributed by atoms with van der Waals surface area (Å²) >= 11 is 3.40. The zero-order valence-corrected chi connectivity index (χ0v) is 13.7. The molecule has 0 aliphatic rings. The smallest absolute Gasteiger partial charge is 0.125 e. The van der Waals surface area contributed by atoms with Crippen molar-refractivity contribution in [3.05, 3.63) is 28.2 Å². The Bertz CT molecular complexity index is 399. The summed E-state index contributed by atoms with van der Waals surface area (Å²) in [7, 11) is 0. The Balaban J connectivity index is 2.46. The summed E-state index contributed by atoms with van der Waals surface area (Å²) in [5.41, 5.74) is 6.83. The summed E-state index contributed by atoms with van der Waals surface area (Å²) in [4.78, 5) is 0. The number of ether oxygens (including phenoxy) is 2. The highest BCUT2D eigenvalue weighted by Crippen LogP contribution is 2.27. The van der Waals surface area contributed by atoms with Crippen LogP contribution in [0.1, 0.15) is 38.3 Å². The number of hydrogen-bond acceptors (Lipinski definition) is 4. The third-order valence-electron chi connectivity index (χ3n) is 2.85. The number of hydrogen-bond donors (Lipinski definition) is 2. The van der Waals surface area contributed by atoms with Gasteiger partial charge in [-0.2, -0.15) is 0 Å².